The number of nitrogens with one attached hydrogen (secondary N) is 1. The van der Waals surface area contributed by atoms with E-state index in [4.69, 9.17) is 10.1 Å². The molecule has 7 heteroatoms. The number of aryl methyl sites for hydroxylation is 1. The lowest BCUT2D eigenvalue weighted by Gasteiger charge is -2.26. The summed E-state index contributed by atoms with van der Waals surface area (Å²) in [5.74, 6) is 0.758. The number of aliphatic hydroxyl groups excluding tert-OH is 1. The van der Waals surface area contributed by atoms with Crippen LogP contribution in [0.3, 0.4) is 0 Å². The van der Waals surface area contributed by atoms with Crippen LogP contribution in [0.25, 0.3) is 11.0 Å². The standard InChI is InChI=1S/C24H32N4O2.ClH/c1-19-8-7-9-21(16-19)30-18-20(29)17-28-23-11-4-3-10-22(23)27(24(28)25)15-14-26-12-5-2-6-13-26;/h3-4,7-11,16,20,25,29H,2,5-6,12-15,17-18H2,1H3;1H. The van der Waals surface area contributed by atoms with Crippen LogP contribution in [-0.4, -0.2) is 51.5 Å². The zero-order valence-electron chi connectivity index (χ0n) is 18.2. The number of hydrogen-bond donors (Lipinski definition) is 2. The van der Waals surface area contributed by atoms with Gasteiger partial charge in [-0.1, -0.05) is 30.7 Å². The van der Waals surface area contributed by atoms with Crippen molar-refractivity contribution in [2.24, 2.45) is 0 Å². The minimum absolute atomic E-state index is 0. The topological polar surface area (TPSA) is 66.4 Å². The highest BCUT2D eigenvalue weighted by Crippen LogP contribution is 2.16. The fraction of sp³-hybridized carbons (Fsp3) is 0.458. The molecule has 0 spiro atoms. The summed E-state index contributed by atoms with van der Waals surface area (Å²) in [5.41, 5.74) is 3.59. The van der Waals surface area contributed by atoms with Gasteiger partial charge in [0.05, 0.1) is 17.6 Å². The molecule has 0 amide bonds. The van der Waals surface area contributed by atoms with Gasteiger partial charge < -0.3 is 23.9 Å². The van der Waals surface area contributed by atoms with E-state index in [2.05, 4.69) is 15.5 Å². The molecule has 1 aliphatic heterocycles. The number of aliphatic hydroxyl groups is 1. The molecule has 0 radical (unpaired) electrons. The Hall–Kier alpha value is -2.28. The number of nitrogens with zero attached hydrogens (tertiary/aromatic N) is 3. The van der Waals surface area contributed by atoms with Crippen LogP contribution in [0.2, 0.25) is 0 Å². The number of halogens is 1. The normalized spacial score (nSPS) is 15.5. The van der Waals surface area contributed by atoms with E-state index in [9.17, 15) is 5.11 Å². The van der Waals surface area contributed by atoms with Crippen LogP contribution in [0, 0.1) is 12.3 Å². The van der Waals surface area contributed by atoms with Crippen LogP contribution in [-0.2, 0) is 13.1 Å². The second-order valence-electron chi connectivity index (χ2n) is 8.26. The minimum Gasteiger partial charge on any atom is -0.491 e. The molecular weight excluding hydrogens is 412 g/mol. The van der Waals surface area contributed by atoms with Crippen molar-refractivity contribution in [3.05, 3.63) is 59.7 Å². The molecule has 168 valence electrons. The predicted octanol–water partition coefficient (Wildman–Crippen LogP) is 3.58. The first-order valence-corrected chi connectivity index (χ1v) is 10.9. The summed E-state index contributed by atoms with van der Waals surface area (Å²) in [6, 6.07) is 15.9. The number of rotatable bonds is 8. The predicted molar refractivity (Wildman–Crippen MR) is 126 cm³/mol. The van der Waals surface area contributed by atoms with E-state index >= 15 is 0 Å². The van der Waals surface area contributed by atoms with Crippen molar-refractivity contribution in [3.63, 3.8) is 0 Å². The van der Waals surface area contributed by atoms with Crippen molar-refractivity contribution in [1.29, 1.82) is 5.41 Å². The summed E-state index contributed by atoms with van der Waals surface area (Å²) in [7, 11) is 0. The molecule has 1 aliphatic rings. The van der Waals surface area contributed by atoms with E-state index in [1.807, 2.05) is 54.0 Å². The van der Waals surface area contributed by atoms with E-state index in [0.29, 0.717) is 12.2 Å². The van der Waals surface area contributed by atoms with Crippen LogP contribution in [0.5, 0.6) is 5.75 Å². The first kappa shape index (κ1) is 23.4. The lowest BCUT2D eigenvalue weighted by Crippen LogP contribution is -2.36. The molecular formula is C24H33ClN4O2. The summed E-state index contributed by atoms with van der Waals surface area (Å²) < 4.78 is 9.73. The Balaban J connectivity index is 0.00000272. The highest BCUT2D eigenvalue weighted by Gasteiger charge is 2.16. The van der Waals surface area contributed by atoms with Crippen LogP contribution in [0.1, 0.15) is 24.8 Å². The second kappa shape index (κ2) is 10.8. The molecule has 3 aromatic rings. The molecule has 1 saturated heterocycles. The number of ether oxygens (including phenoxy) is 1. The molecule has 1 aromatic heterocycles. The van der Waals surface area contributed by atoms with Crippen LogP contribution in [0.4, 0.5) is 0 Å². The van der Waals surface area contributed by atoms with Gasteiger partial charge in [-0.3, -0.25) is 5.41 Å². The van der Waals surface area contributed by atoms with Crippen molar-refractivity contribution in [1.82, 2.24) is 14.0 Å². The zero-order valence-corrected chi connectivity index (χ0v) is 19.0. The van der Waals surface area contributed by atoms with E-state index in [1.165, 1.54) is 19.3 Å². The molecule has 0 aliphatic carbocycles. The van der Waals surface area contributed by atoms with Gasteiger partial charge in [0.2, 0.25) is 5.62 Å². The fourth-order valence-electron chi connectivity index (χ4n) is 4.29. The highest BCUT2D eigenvalue weighted by molar-refractivity contribution is 5.85. The lowest BCUT2D eigenvalue weighted by atomic mass is 10.1. The quantitative estimate of drug-likeness (QED) is 0.558. The Kier molecular flexibility index (Phi) is 8.18. The number of hydrogen-bond acceptors (Lipinski definition) is 4. The average molecular weight is 445 g/mol. The van der Waals surface area contributed by atoms with E-state index in [1.54, 1.807) is 0 Å². The van der Waals surface area contributed by atoms with Crippen molar-refractivity contribution < 1.29 is 9.84 Å². The van der Waals surface area contributed by atoms with Gasteiger partial charge in [0, 0.05) is 13.1 Å². The molecule has 2 heterocycles. The number of imidazole rings is 1. The molecule has 1 unspecified atom stereocenters. The monoisotopic (exact) mass is 444 g/mol. The number of fused-ring (bicyclic) bond motifs is 1. The van der Waals surface area contributed by atoms with Gasteiger partial charge in [0.15, 0.2) is 0 Å². The number of benzene rings is 2. The molecule has 31 heavy (non-hydrogen) atoms. The number of piperidine rings is 1. The van der Waals surface area contributed by atoms with Gasteiger partial charge in [-0.25, -0.2) is 0 Å². The Labute approximate surface area is 190 Å². The molecule has 0 bridgehead atoms. The van der Waals surface area contributed by atoms with Gasteiger partial charge in [-0.2, -0.15) is 0 Å². The maximum absolute atomic E-state index is 10.6. The molecule has 1 atom stereocenters. The lowest BCUT2D eigenvalue weighted by molar-refractivity contribution is 0.0920. The number of likely N-dealkylation sites (tertiary alicyclic amines) is 1. The van der Waals surface area contributed by atoms with Crippen LogP contribution < -0.4 is 10.4 Å². The molecule has 0 saturated carbocycles. The summed E-state index contributed by atoms with van der Waals surface area (Å²) >= 11 is 0. The Morgan fingerprint density at radius 1 is 0.968 bits per heavy atom. The number of aromatic nitrogens is 2. The van der Waals surface area contributed by atoms with Crippen LogP contribution in [0.15, 0.2) is 48.5 Å². The van der Waals surface area contributed by atoms with Crippen molar-refractivity contribution in [3.8, 4) is 5.75 Å². The third-order valence-electron chi connectivity index (χ3n) is 5.89. The molecule has 6 nitrogen and oxygen atoms in total. The molecule has 2 aromatic carbocycles. The van der Waals surface area contributed by atoms with Gasteiger partial charge >= 0.3 is 0 Å². The molecule has 1 fully saturated rings. The maximum Gasteiger partial charge on any atom is 0.203 e. The second-order valence-corrected chi connectivity index (χ2v) is 8.26. The summed E-state index contributed by atoms with van der Waals surface area (Å²) in [5, 5.41) is 19.4. The third-order valence-corrected chi connectivity index (χ3v) is 5.89. The van der Waals surface area contributed by atoms with Gasteiger partial charge in [-0.15, -0.1) is 12.4 Å². The summed E-state index contributed by atoms with van der Waals surface area (Å²) in [6.45, 7) is 6.62. The van der Waals surface area contributed by atoms with E-state index in [-0.39, 0.29) is 19.0 Å². The highest BCUT2D eigenvalue weighted by atomic mass is 35.5. The Morgan fingerprint density at radius 3 is 2.39 bits per heavy atom. The minimum atomic E-state index is -0.694. The van der Waals surface area contributed by atoms with Crippen molar-refractivity contribution in [2.75, 3.05) is 26.2 Å². The van der Waals surface area contributed by atoms with Crippen LogP contribution >= 0.6 is 12.4 Å². The van der Waals surface area contributed by atoms with Crippen molar-refractivity contribution >= 4 is 23.4 Å². The smallest absolute Gasteiger partial charge is 0.203 e. The van der Waals surface area contributed by atoms with Crippen molar-refractivity contribution in [2.45, 2.75) is 45.4 Å². The third kappa shape index (κ3) is 5.70. The molecule has 4 rings (SSSR count). The zero-order chi connectivity index (χ0) is 20.9. The summed E-state index contributed by atoms with van der Waals surface area (Å²) in [4.78, 5) is 2.49. The SMILES string of the molecule is Cc1cccc(OCC(O)Cn2c(=N)n(CCN3CCCCC3)c3ccccc32)c1.Cl. The largest absolute Gasteiger partial charge is 0.491 e. The van der Waals surface area contributed by atoms with Gasteiger partial charge in [-0.05, 0) is 62.7 Å². The average Bonchev–Trinajstić information content (AvgIpc) is 3.03. The summed E-state index contributed by atoms with van der Waals surface area (Å²) in [6.07, 6.45) is 3.18. The molecule has 2 N–H and O–H groups in total. The Morgan fingerprint density at radius 2 is 1.68 bits per heavy atom. The number of para-hydroxylation sites is 2. The van der Waals surface area contributed by atoms with Gasteiger partial charge in [0.1, 0.15) is 18.5 Å². The first-order chi connectivity index (χ1) is 14.6. The Bertz CT molecular complexity index is 1040. The van der Waals surface area contributed by atoms with E-state index in [0.717, 1.165) is 48.5 Å². The first-order valence-electron chi connectivity index (χ1n) is 10.9. The van der Waals surface area contributed by atoms with E-state index < -0.39 is 6.10 Å². The van der Waals surface area contributed by atoms with Gasteiger partial charge in [0.25, 0.3) is 0 Å². The fourth-order valence-corrected chi connectivity index (χ4v) is 4.29. The maximum atomic E-state index is 10.6.